The number of aromatic nitrogens is 1. The quantitative estimate of drug-likeness (QED) is 0.218. The molecule has 8 nitrogen and oxygen atoms in total. The molecule has 1 aliphatic rings. The smallest absolute Gasteiger partial charge is 0.338 e. The van der Waals surface area contributed by atoms with Crippen molar-refractivity contribution in [3.63, 3.8) is 0 Å². The van der Waals surface area contributed by atoms with Crippen LogP contribution in [0.1, 0.15) is 92.1 Å². The van der Waals surface area contributed by atoms with Crippen molar-refractivity contribution in [3.8, 4) is 5.75 Å². The van der Waals surface area contributed by atoms with E-state index in [2.05, 4.69) is 5.32 Å². The molecule has 1 heterocycles. The number of carbonyl (C=O) groups is 3. The second-order valence-corrected chi connectivity index (χ2v) is 11.9. The highest BCUT2D eigenvalue weighted by Gasteiger charge is 2.21. The molecule has 0 saturated heterocycles. The average Bonchev–Trinajstić information content (AvgIpc) is 3.59. The zero-order valence-electron chi connectivity index (χ0n) is 25.5. The molecule has 8 heteroatoms. The molecule has 0 bridgehead atoms. The van der Waals surface area contributed by atoms with E-state index < -0.39 is 11.6 Å². The van der Waals surface area contributed by atoms with Gasteiger partial charge in [0.1, 0.15) is 11.4 Å². The fourth-order valence-electron chi connectivity index (χ4n) is 5.32. The van der Waals surface area contributed by atoms with E-state index in [0.29, 0.717) is 48.1 Å². The van der Waals surface area contributed by atoms with Crippen LogP contribution < -0.4 is 10.1 Å². The zero-order valence-corrected chi connectivity index (χ0v) is 25.5. The summed E-state index contributed by atoms with van der Waals surface area (Å²) in [4.78, 5) is 38.1. The maximum absolute atomic E-state index is 13.1. The Morgan fingerprint density at radius 3 is 2.43 bits per heavy atom. The minimum Gasteiger partial charge on any atom is -0.496 e. The Morgan fingerprint density at radius 2 is 1.76 bits per heavy atom. The third kappa shape index (κ3) is 7.60. The van der Waals surface area contributed by atoms with E-state index in [9.17, 15) is 14.4 Å². The van der Waals surface area contributed by atoms with Crippen LogP contribution in [-0.4, -0.2) is 48.3 Å². The van der Waals surface area contributed by atoms with Crippen LogP contribution >= 0.6 is 0 Å². The third-order valence-electron chi connectivity index (χ3n) is 7.43. The van der Waals surface area contributed by atoms with Gasteiger partial charge in [-0.05, 0) is 83.7 Å². The van der Waals surface area contributed by atoms with Gasteiger partial charge in [0.25, 0.3) is 5.91 Å². The first-order chi connectivity index (χ1) is 20.0. The maximum Gasteiger partial charge on any atom is 0.338 e. The lowest BCUT2D eigenvalue weighted by atomic mass is 10.1. The lowest BCUT2D eigenvalue weighted by Crippen LogP contribution is -2.28. The summed E-state index contributed by atoms with van der Waals surface area (Å²) in [7, 11) is 1.56. The van der Waals surface area contributed by atoms with E-state index in [1.165, 1.54) is 12.8 Å². The van der Waals surface area contributed by atoms with Crippen LogP contribution in [0, 0.1) is 5.92 Å². The molecule has 1 saturated carbocycles. The predicted octanol–water partition coefficient (Wildman–Crippen LogP) is 6.54. The van der Waals surface area contributed by atoms with Gasteiger partial charge in [0.05, 0.1) is 25.8 Å². The number of ether oxygens (including phenoxy) is 3. The van der Waals surface area contributed by atoms with Gasteiger partial charge >= 0.3 is 11.9 Å². The summed E-state index contributed by atoms with van der Waals surface area (Å²) in [6.07, 6.45) is 8.53. The number of hydrogen-bond donors (Lipinski definition) is 1. The van der Waals surface area contributed by atoms with E-state index in [-0.39, 0.29) is 11.9 Å². The standard InChI is InChI=1S/C34H42N2O6/c1-7-41-32(38)22(2)16-27-21-36(20-26-13-12-25(18-30(26)40-6)33(39)42-34(3,4)5)29-17-24(14-15-28(27)29)31(37)35-19-23-10-8-9-11-23/h12-18,21,23H,7-11,19-20H2,1-6H3,(H,35,37)/b22-16+. The minimum atomic E-state index is -0.611. The van der Waals surface area contributed by atoms with Crippen LogP contribution in [0.15, 0.2) is 48.2 Å². The number of methoxy groups -OCH3 is 1. The van der Waals surface area contributed by atoms with Crippen molar-refractivity contribution in [1.29, 1.82) is 0 Å². The highest BCUT2D eigenvalue weighted by molar-refractivity contribution is 6.01. The number of amides is 1. The van der Waals surface area contributed by atoms with Crippen molar-refractivity contribution < 1.29 is 28.6 Å². The fraction of sp³-hybridized carbons (Fsp3) is 0.441. The molecule has 224 valence electrons. The van der Waals surface area contributed by atoms with Gasteiger partial charge in [0.15, 0.2) is 0 Å². The Balaban J connectivity index is 1.70. The van der Waals surface area contributed by atoms with Gasteiger partial charge in [-0.2, -0.15) is 0 Å². The van der Waals surface area contributed by atoms with E-state index in [1.54, 1.807) is 39.2 Å². The maximum atomic E-state index is 13.1. The van der Waals surface area contributed by atoms with Crippen LogP contribution in [0.5, 0.6) is 5.75 Å². The Bertz CT molecular complexity index is 1490. The molecule has 0 atom stereocenters. The Hall–Kier alpha value is -4.07. The van der Waals surface area contributed by atoms with Gasteiger partial charge in [0, 0.05) is 45.9 Å². The number of hydrogen-bond acceptors (Lipinski definition) is 6. The van der Waals surface area contributed by atoms with Crippen LogP contribution in [-0.2, 0) is 20.8 Å². The zero-order chi connectivity index (χ0) is 30.4. The number of benzene rings is 2. The molecule has 0 spiro atoms. The number of nitrogens with zero attached hydrogens (tertiary/aromatic N) is 1. The predicted molar refractivity (Wildman–Crippen MR) is 164 cm³/mol. The first kappa shape index (κ1) is 30.9. The van der Waals surface area contributed by atoms with E-state index in [0.717, 1.165) is 34.9 Å². The molecule has 1 amide bonds. The summed E-state index contributed by atoms with van der Waals surface area (Å²) in [5, 5.41) is 4.01. The topological polar surface area (TPSA) is 95.9 Å². The molecule has 1 fully saturated rings. The van der Waals surface area contributed by atoms with Crippen LogP contribution in [0.3, 0.4) is 0 Å². The second kappa shape index (κ2) is 13.3. The Labute approximate surface area is 248 Å². The van der Waals surface area contributed by atoms with Crippen molar-refractivity contribution in [2.45, 2.75) is 72.4 Å². The van der Waals surface area contributed by atoms with E-state index >= 15 is 0 Å². The summed E-state index contributed by atoms with van der Waals surface area (Å²) >= 11 is 0. The SMILES string of the molecule is CCOC(=O)/C(C)=C/c1cn(Cc2ccc(C(=O)OC(C)(C)C)cc2OC)c2cc(C(=O)NCC3CCCC3)ccc12. The molecule has 2 aromatic carbocycles. The van der Waals surface area contributed by atoms with Gasteiger partial charge in [-0.3, -0.25) is 4.79 Å². The Kier molecular flexibility index (Phi) is 9.76. The largest absolute Gasteiger partial charge is 0.496 e. The molecule has 42 heavy (non-hydrogen) atoms. The number of fused-ring (bicyclic) bond motifs is 1. The first-order valence-corrected chi connectivity index (χ1v) is 14.7. The van der Waals surface area contributed by atoms with Crippen molar-refractivity contribution in [2.75, 3.05) is 20.3 Å². The van der Waals surface area contributed by atoms with Crippen LogP contribution in [0.25, 0.3) is 17.0 Å². The number of rotatable bonds is 10. The molecule has 4 rings (SSSR count). The molecule has 1 N–H and O–H groups in total. The first-order valence-electron chi connectivity index (χ1n) is 14.7. The van der Waals surface area contributed by atoms with Gasteiger partial charge < -0.3 is 24.1 Å². The number of esters is 2. The van der Waals surface area contributed by atoms with Crippen molar-refractivity contribution in [3.05, 3.63) is 70.4 Å². The van der Waals surface area contributed by atoms with Crippen LogP contribution in [0.4, 0.5) is 0 Å². The fourth-order valence-corrected chi connectivity index (χ4v) is 5.32. The number of carbonyl (C=O) groups excluding carboxylic acids is 3. The van der Waals surface area contributed by atoms with Gasteiger partial charge in [-0.1, -0.05) is 25.0 Å². The third-order valence-corrected chi connectivity index (χ3v) is 7.43. The van der Waals surface area contributed by atoms with Gasteiger partial charge in [0.2, 0.25) is 0 Å². The van der Waals surface area contributed by atoms with E-state index in [4.69, 9.17) is 14.2 Å². The molecule has 1 aromatic heterocycles. The lowest BCUT2D eigenvalue weighted by molar-refractivity contribution is -0.138. The van der Waals surface area contributed by atoms with Crippen molar-refractivity contribution in [2.24, 2.45) is 5.92 Å². The van der Waals surface area contributed by atoms with Gasteiger partial charge in [-0.25, -0.2) is 9.59 Å². The molecular formula is C34H42N2O6. The molecule has 1 aliphatic carbocycles. The van der Waals surface area contributed by atoms with Crippen molar-refractivity contribution >= 4 is 34.8 Å². The molecule has 0 unspecified atom stereocenters. The normalized spacial score (nSPS) is 14.2. The number of nitrogens with one attached hydrogen (secondary N) is 1. The minimum absolute atomic E-state index is 0.101. The summed E-state index contributed by atoms with van der Waals surface area (Å²) in [6.45, 7) is 10.4. The highest BCUT2D eigenvalue weighted by Crippen LogP contribution is 2.29. The summed E-state index contributed by atoms with van der Waals surface area (Å²) in [6, 6.07) is 10.9. The molecule has 3 aromatic rings. The summed E-state index contributed by atoms with van der Waals surface area (Å²) < 4.78 is 18.4. The molecule has 0 radical (unpaired) electrons. The summed E-state index contributed by atoms with van der Waals surface area (Å²) in [5.41, 5.74) is 3.36. The van der Waals surface area contributed by atoms with Crippen LogP contribution in [0.2, 0.25) is 0 Å². The summed E-state index contributed by atoms with van der Waals surface area (Å²) in [5.74, 6) is 0.191. The highest BCUT2D eigenvalue weighted by atomic mass is 16.6. The molecular weight excluding hydrogens is 532 g/mol. The van der Waals surface area contributed by atoms with Gasteiger partial charge in [-0.15, -0.1) is 0 Å². The second-order valence-electron chi connectivity index (χ2n) is 11.9. The lowest BCUT2D eigenvalue weighted by Gasteiger charge is -2.20. The molecule has 0 aliphatic heterocycles. The van der Waals surface area contributed by atoms with Crippen molar-refractivity contribution in [1.82, 2.24) is 9.88 Å². The Morgan fingerprint density at radius 1 is 1.05 bits per heavy atom. The van der Waals surface area contributed by atoms with E-state index in [1.807, 2.05) is 55.8 Å². The monoisotopic (exact) mass is 574 g/mol. The average molecular weight is 575 g/mol.